The highest BCUT2D eigenvalue weighted by Gasteiger charge is 2.08. The SMILES string of the molecule is CCCn1ccnc(NCC(C)c2ccccc2)c1=O. The smallest absolute Gasteiger partial charge is 0.293 e. The van der Waals surface area contributed by atoms with Gasteiger partial charge in [-0.05, 0) is 17.9 Å². The number of anilines is 1. The molecule has 2 rings (SSSR count). The Bertz CT molecular complexity index is 592. The lowest BCUT2D eigenvalue weighted by Gasteiger charge is -2.13. The van der Waals surface area contributed by atoms with Gasteiger partial charge in [0, 0.05) is 25.5 Å². The van der Waals surface area contributed by atoms with Crippen molar-refractivity contribution in [3.63, 3.8) is 0 Å². The molecular weight excluding hydrogens is 250 g/mol. The van der Waals surface area contributed by atoms with E-state index in [1.807, 2.05) is 18.2 Å². The highest BCUT2D eigenvalue weighted by Crippen LogP contribution is 2.14. The van der Waals surface area contributed by atoms with E-state index in [4.69, 9.17) is 0 Å². The van der Waals surface area contributed by atoms with E-state index in [2.05, 4.69) is 36.3 Å². The van der Waals surface area contributed by atoms with E-state index in [9.17, 15) is 4.79 Å². The largest absolute Gasteiger partial charge is 0.365 e. The first-order valence-electron chi connectivity index (χ1n) is 7.06. The second-order valence-electron chi connectivity index (χ2n) is 4.97. The van der Waals surface area contributed by atoms with Crippen LogP contribution in [0.4, 0.5) is 5.82 Å². The number of nitrogens with one attached hydrogen (secondary N) is 1. The number of benzene rings is 1. The topological polar surface area (TPSA) is 46.9 Å². The number of hydrogen-bond acceptors (Lipinski definition) is 3. The zero-order valence-corrected chi connectivity index (χ0v) is 12.0. The first-order valence-corrected chi connectivity index (χ1v) is 7.06. The fraction of sp³-hybridized carbons (Fsp3) is 0.375. The van der Waals surface area contributed by atoms with Gasteiger partial charge in [-0.25, -0.2) is 4.98 Å². The van der Waals surface area contributed by atoms with Gasteiger partial charge >= 0.3 is 0 Å². The van der Waals surface area contributed by atoms with E-state index in [1.165, 1.54) is 5.56 Å². The molecule has 1 aromatic heterocycles. The molecule has 1 atom stereocenters. The van der Waals surface area contributed by atoms with Gasteiger partial charge in [0.2, 0.25) is 0 Å². The molecular formula is C16H21N3O. The molecule has 0 spiro atoms. The summed E-state index contributed by atoms with van der Waals surface area (Å²) in [5.74, 6) is 0.765. The summed E-state index contributed by atoms with van der Waals surface area (Å²) >= 11 is 0. The zero-order chi connectivity index (χ0) is 14.4. The Hall–Kier alpha value is -2.10. The molecule has 4 heteroatoms. The van der Waals surface area contributed by atoms with Gasteiger partial charge in [0.25, 0.3) is 5.56 Å². The van der Waals surface area contributed by atoms with Gasteiger partial charge in [-0.15, -0.1) is 0 Å². The molecule has 1 heterocycles. The Morgan fingerprint density at radius 1 is 1.30 bits per heavy atom. The minimum atomic E-state index is -0.0467. The van der Waals surface area contributed by atoms with Crippen molar-refractivity contribution >= 4 is 5.82 Å². The van der Waals surface area contributed by atoms with E-state index in [0.717, 1.165) is 13.0 Å². The summed E-state index contributed by atoms with van der Waals surface area (Å²) in [6.45, 7) is 5.61. The van der Waals surface area contributed by atoms with Crippen LogP contribution in [0.1, 0.15) is 31.7 Å². The summed E-state index contributed by atoms with van der Waals surface area (Å²) < 4.78 is 1.70. The van der Waals surface area contributed by atoms with Gasteiger partial charge < -0.3 is 9.88 Å². The van der Waals surface area contributed by atoms with Crippen molar-refractivity contribution in [1.29, 1.82) is 0 Å². The molecule has 0 aliphatic heterocycles. The van der Waals surface area contributed by atoms with E-state index >= 15 is 0 Å². The molecule has 1 aromatic carbocycles. The predicted octanol–water partition coefficient (Wildman–Crippen LogP) is 2.87. The van der Waals surface area contributed by atoms with Gasteiger partial charge in [-0.2, -0.15) is 0 Å². The highest BCUT2D eigenvalue weighted by molar-refractivity contribution is 5.32. The van der Waals surface area contributed by atoms with Crippen molar-refractivity contribution in [2.75, 3.05) is 11.9 Å². The van der Waals surface area contributed by atoms with Crippen LogP contribution in [-0.2, 0) is 6.54 Å². The van der Waals surface area contributed by atoms with Gasteiger partial charge in [-0.3, -0.25) is 4.79 Å². The third-order valence-corrected chi connectivity index (χ3v) is 3.32. The summed E-state index contributed by atoms with van der Waals surface area (Å²) in [5.41, 5.74) is 1.21. The van der Waals surface area contributed by atoms with E-state index < -0.39 is 0 Å². The Morgan fingerprint density at radius 2 is 2.05 bits per heavy atom. The van der Waals surface area contributed by atoms with E-state index in [0.29, 0.717) is 18.3 Å². The van der Waals surface area contributed by atoms with Crippen LogP contribution < -0.4 is 10.9 Å². The van der Waals surface area contributed by atoms with Crippen molar-refractivity contribution in [3.05, 3.63) is 58.6 Å². The molecule has 0 bridgehead atoms. The molecule has 1 unspecified atom stereocenters. The lowest BCUT2D eigenvalue weighted by molar-refractivity contribution is 0.648. The highest BCUT2D eigenvalue weighted by atomic mass is 16.1. The first-order chi connectivity index (χ1) is 9.72. The minimum Gasteiger partial charge on any atom is -0.365 e. The molecule has 0 aliphatic carbocycles. The molecule has 0 saturated heterocycles. The van der Waals surface area contributed by atoms with Crippen LogP contribution in [0.15, 0.2) is 47.5 Å². The zero-order valence-electron chi connectivity index (χ0n) is 12.0. The lowest BCUT2D eigenvalue weighted by Crippen LogP contribution is -2.25. The molecule has 1 N–H and O–H groups in total. The third kappa shape index (κ3) is 3.47. The van der Waals surface area contributed by atoms with Crippen LogP contribution in [0.3, 0.4) is 0 Å². The number of hydrogen-bond donors (Lipinski definition) is 1. The van der Waals surface area contributed by atoms with Crippen molar-refractivity contribution in [2.45, 2.75) is 32.7 Å². The van der Waals surface area contributed by atoms with Crippen LogP contribution in [0.2, 0.25) is 0 Å². The summed E-state index contributed by atoms with van der Waals surface area (Å²) in [6.07, 6.45) is 4.34. The number of aromatic nitrogens is 2. The van der Waals surface area contributed by atoms with Gasteiger partial charge in [-0.1, -0.05) is 44.2 Å². The quantitative estimate of drug-likeness (QED) is 0.878. The fourth-order valence-corrected chi connectivity index (χ4v) is 2.13. The Morgan fingerprint density at radius 3 is 2.75 bits per heavy atom. The second kappa shape index (κ2) is 6.89. The maximum atomic E-state index is 12.1. The Balaban J connectivity index is 2.04. The summed E-state index contributed by atoms with van der Waals surface area (Å²) in [7, 11) is 0. The standard InChI is InChI=1S/C16H21N3O/c1-3-10-19-11-9-17-15(16(19)20)18-12-13(2)14-7-5-4-6-8-14/h4-9,11,13H,3,10,12H2,1-2H3,(H,17,18). The van der Waals surface area contributed by atoms with Crippen molar-refractivity contribution in [1.82, 2.24) is 9.55 Å². The summed E-state index contributed by atoms with van der Waals surface area (Å²) in [5, 5.41) is 3.17. The average Bonchev–Trinajstić information content (AvgIpc) is 2.49. The van der Waals surface area contributed by atoms with Crippen molar-refractivity contribution in [2.24, 2.45) is 0 Å². The van der Waals surface area contributed by atoms with E-state index in [-0.39, 0.29) is 5.56 Å². The normalized spacial score (nSPS) is 12.1. The van der Waals surface area contributed by atoms with E-state index in [1.54, 1.807) is 17.0 Å². The molecule has 20 heavy (non-hydrogen) atoms. The predicted molar refractivity (Wildman–Crippen MR) is 82.1 cm³/mol. The average molecular weight is 271 g/mol. The van der Waals surface area contributed by atoms with Crippen LogP contribution in [-0.4, -0.2) is 16.1 Å². The van der Waals surface area contributed by atoms with Crippen molar-refractivity contribution in [3.8, 4) is 0 Å². The van der Waals surface area contributed by atoms with Crippen LogP contribution >= 0.6 is 0 Å². The van der Waals surface area contributed by atoms with Gasteiger partial charge in [0.15, 0.2) is 5.82 Å². The van der Waals surface area contributed by atoms with Crippen LogP contribution in [0.5, 0.6) is 0 Å². The number of aryl methyl sites for hydroxylation is 1. The molecule has 4 nitrogen and oxygen atoms in total. The molecule has 2 aromatic rings. The molecule has 0 aliphatic rings. The van der Waals surface area contributed by atoms with Crippen LogP contribution in [0.25, 0.3) is 0 Å². The Labute approximate surface area is 119 Å². The second-order valence-corrected chi connectivity index (χ2v) is 4.97. The summed E-state index contributed by atoms with van der Waals surface area (Å²) in [6, 6.07) is 10.3. The summed E-state index contributed by atoms with van der Waals surface area (Å²) in [4.78, 5) is 16.3. The Kier molecular flexibility index (Phi) is 4.93. The minimum absolute atomic E-state index is 0.0467. The molecule has 0 amide bonds. The number of nitrogens with zero attached hydrogens (tertiary/aromatic N) is 2. The first kappa shape index (κ1) is 14.3. The van der Waals surface area contributed by atoms with Crippen LogP contribution in [0, 0.1) is 0 Å². The molecule has 106 valence electrons. The molecule has 0 fully saturated rings. The fourth-order valence-electron chi connectivity index (χ4n) is 2.13. The third-order valence-electron chi connectivity index (χ3n) is 3.32. The molecule has 0 saturated carbocycles. The number of rotatable bonds is 6. The monoisotopic (exact) mass is 271 g/mol. The van der Waals surface area contributed by atoms with Gasteiger partial charge in [0.1, 0.15) is 0 Å². The maximum absolute atomic E-state index is 12.1. The van der Waals surface area contributed by atoms with Gasteiger partial charge in [0.05, 0.1) is 0 Å². The van der Waals surface area contributed by atoms with Crippen molar-refractivity contribution < 1.29 is 0 Å². The maximum Gasteiger partial charge on any atom is 0.293 e. The lowest BCUT2D eigenvalue weighted by atomic mass is 10.0. The molecule has 0 radical (unpaired) electrons.